The molecule has 92 valence electrons. The number of hydrogen-bond donors (Lipinski definition) is 2. The SMILES string of the molecule is Cc1c(N)cccc1C(=O)NCCCC1CC1. The van der Waals surface area contributed by atoms with Gasteiger partial charge in [0.25, 0.3) is 5.91 Å². The molecule has 3 heteroatoms. The minimum atomic E-state index is -0.00871. The number of amides is 1. The third kappa shape index (κ3) is 3.22. The maximum Gasteiger partial charge on any atom is 0.251 e. The normalized spacial score (nSPS) is 14.6. The fraction of sp³-hybridized carbons (Fsp3) is 0.500. The van der Waals surface area contributed by atoms with Gasteiger partial charge < -0.3 is 11.1 Å². The molecule has 0 saturated heterocycles. The molecule has 0 unspecified atom stereocenters. The number of carbonyl (C=O) groups is 1. The Labute approximate surface area is 102 Å². The number of carbonyl (C=O) groups excluding carboxylic acids is 1. The molecule has 0 heterocycles. The lowest BCUT2D eigenvalue weighted by Crippen LogP contribution is -2.25. The van der Waals surface area contributed by atoms with Crippen molar-refractivity contribution in [3.8, 4) is 0 Å². The molecular weight excluding hydrogens is 212 g/mol. The highest BCUT2D eigenvalue weighted by atomic mass is 16.1. The van der Waals surface area contributed by atoms with Gasteiger partial charge in [0.2, 0.25) is 0 Å². The third-order valence-electron chi connectivity index (χ3n) is 3.39. The summed E-state index contributed by atoms with van der Waals surface area (Å²) in [5.41, 5.74) is 8.02. The second kappa shape index (κ2) is 5.21. The van der Waals surface area contributed by atoms with E-state index < -0.39 is 0 Å². The van der Waals surface area contributed by atoms with Gasteiger partial charge >= 0.3 is 0 Å². The Hall–Kier alpha value is -1.51. The van der Waals surface area contributed by atoms with Crippen LogP contribution < -0.4 is 11.1 Å². The number of nitrogens with one attached hydrogen (secondary N) is 1. The largest absolute Gasteiger partial charge is 0.398 e. The molecule has 3 N–H and O–H groups in total. The first-order valence-electron chi connectivity index (χ1n) is 6.32. The monoisotopic (exact) mass is 232 g/mol. The van der Waals surface area contributed by atoms with E-state index in [0.717, 1.165) is 24.4 Å². The summed E-state index contributed by atoms with van der Waals surface area (Å²) < 4.78 is 0. The molecule has 17 heavy (non-hydrogen) atoms. The number of nitrogens with two attached hydrogens (primary N) is 1. The Morgan fingerprint density at radius 2 is 2.24 bits per heavy atom. The van der Waals surface area contributed by atoms with Crippen molar-refractivity contribution in [3.05, 3.63) is 29.3 Å². The van der Waals surface area contributed by atoms with E-state index in [0.29, 0.717) is 11.3 Å². The number of nitrogen functional groups attached to an aromatic ring is 1. The molecule has 0 aliphatic heterocycles. The van der Waals surface area contributed by atoms with Crippen LogP contribution in [0.15, 0.2) is 18.2 Å². The van der Waals surface area contributed by atoms with Crippen molar-refractivity contribution >= 4 is 11.6 Å². The number of rotatable bonds is 5. The van der Waals surface area contributed by atoms with E-state index >= 15 is 0 Å². The molecule has 0 bridgehead atoms. The molecule has 1 aliphatic carbocycles. The number of benzene rings is 1. The van der Waals surface area contributed by atoms with Crippen molar-refractivity contribution in [2.75, 3.05) is 12.3 Å². The van der Waals surface area contributed by atoms with E-state index in [-0.39, 0.29) is 5.91 Å². The lowest BCUT2D eigenvalue weighted by atomic mass is 10.1. The molecule has 0 aromatic heterocycles. The van der Waals surface area contributed by atoms with Crippen LogP contribution in [0, 0.1) is 12.8 Å². The van der Waals surface area contributed by atoms with Crippen molar-refractivity contribution in [1.82, 2.24) is 5.32 Å². The Kier molecular flexibility index (Phi) is 3.67. The van der Waals surface area contributed by atoms with Gasteiger partial charge in [-0.15, -0.1) is 0 Å². The summed E-state index contributed by atoms with van der Waals surface area (Å²) in [7, 11) is 0. The lowest BCUT2D eigenvalue weighted by molar-refractivity contribution is 0.0952. The van der Waals surface area contributed by atoms with E-state index in [1.807, 2.05) is 25.1 Å². The molecule has 1 fully saturated rings. The molecule has 3 nitrogen and oxygen atoms in total. The lowest BCUT2D eigenvalue weighted by Gasteiger charge is -2.09. The summed E-state index contributed by atoms with van der Waals surface area (Å²) in [6.45, 7) is 2.65. The molecule has 0 atom stereocenters. The Bertz CT molecular complexity index is 411. The predicted molar refractivity (Wildman–Crippen MR) is 69.9 cm³/mol. The van der Waals surface area contributed by atoms with Crippen LogP contribution >= 0.6 is 0 Å². The van der Waals surface area contributed by atoms with Gasteiger partial charge in [0.05, 0.1) is 0 Å². The zero-order chi connectivity index (χ0) is 12.3. The highest BCUT2D eigenvalue weighted by molar-refractivity contribution is 5.96. The van der Waals surface area contributed by atoms with E-state index in [1.165, 1.54) is 19.3 Å². The van der Waals surface area contributed by atoms with Crippen LogP contribution in [-0.2, 0) is 0 Å². The molecule has 1 aromatic rings. The first-order valence-corrected chi connectivity index (χ1v) is 6.32. The topological polar surface area (TPSA) is 55.1 Å². The molecule has 0 spiro atoms. The summed E-state index contributed by atoms with van der Waals surface area (Å²) in [5, 5.41) is 2.96. The number of anilines is 1. The van der Waals surface area contributed by atoms with E-state index in [1.54, 1.807) is 0 Å². The highest BCUT2D eigenvalue weighted by Gasteiger charge is 2.20. The second-order valence-corrected chi connectivity index (χ2v) is 4.86. The molecule has 1 aromatic carbocycles. The second-order valence-electron chi connectivity index (χ2n) is 4.86. The van der Waals surface area contributed by atoms with Gasteiger partial charge in [-0.05, 0) is 43.4 Å². The Morgan fingerprint density at radius 3 is 2.94 bits per heavy atom. The summed E-state index contributed by atoms with van der Waals surface area (Å²) >= 11 is 0. The van der Waals surface area contributed by atoms with Gasteiger partial charge in [0.15, 0.2) is 0 Å². The zero-order valence-corrected chi connectivity index (χ0v) is 10.3. The minimum Gasteiger partial charge on any atom is -0.398 e. The summed E-state index contributed by atoms with van der Waals surface area (Å²) in [6.07, 6.45) is 5.08. The Balaban J connectivity index is 1.83. The van der Waals surface area contributed by atoms with E-state index in [2.05, 4.69) is 5.32 Å². The summed E-state index contributed by atoms with van der Waals surface area (Å²) in [5.74, 6) is 0.923. The molecule has 1 aliphatic rings. The molecule has 0 radical (unpaired) electrons. The smallest absolute Gasteiger partial charge is 0.251 e. The van der Waals surface area contributed by atoms with E-state index in [4.69, 9.17) is 5.73 Å². The predicted octanol–water partition coefficient (Wildman–Crippen LogP) is 2.50. The van der Waals surface area contributed by atoms with Gasteiger partial charge in [-0.2, -0.15) is 0 Å². The first-order chi connectivity index (χ1) is 8.18. The molecule has 2 rings (SSSR count). The maximum atomic E-state index is 11.9. The van der Waals surface area contributed by atoms with Crippen LogP contribution in [0.4, 0.5) is 5.69 Å². The van der Waals surface area contributed by atoms with Gasteiger partial charge in [-0.3, -0.25) is 4.79 Å². The van der Waals surface area contributed by atoms with Crippen LogP contribution in [-0.4, -0.2) is 12.5 Å². The van der Waals surface area contributed by atoms with Gasteiger partial charge in [0, 0.05) is 17.8 Å². The zero-order valence-electron chi connectivity index (χ0n) is 10.3. The fourth-order valence-corrected chi connectivity index (χ4v) is 1.99. The van der Waals surface area contributed by atoms with Crippen molar-refractivity contribution in [2.24, 2.45) is 5.92 Å². The van der Waals surface area contributed by atoms with Crippen molar-refractivity contribution in [3.63, 3.8) is 0 Å². The van der Waals surface area contributed by atoms with Crippen LogP contribution in [0.3, 0.4) is 0 Å². The summed E-state index contributed by atoms with van der Waals surface area (Å²) in [4.78, 5) is 11.9. The average Bonchev–Trinajstić information content (AvgIpc) is 3.12. The maximum absolute atomic E-state index is 11.9. The Morgan fingerprint density at radius 1 is 1.47 bits per heavy atom. The molecule has 1 saturated carbocycles. The van der Waals surface area contributed by atoms with Crippen molar-refractivity contribution in [1.29, 1.82) is 0 Å². The van der Waals surface area contributed by atoms with Crippen molar-refractivity contribution in [2.45, 2.75) is 32.6 Å². The van der Waals surface area contributed by atoms with Crippen LogP contribution in [0.1, 0.15) is 41.6 Å². The third-order valence-corrected chi connectivity index (χ3v) is 3.39. The van der Waals surface area contributed by atoms with Crippen LogP contribution in [0.5, 0.6) is 0 Å². The van der Waals surface area contributed by atoms with Crippen LogP contribution in [0.25, 0.3) is 0 Å². The standard InChI is InChI=1S/C14H20N2O/c1-10-12(5-2-6-13(10)15)14(17)16-9-3-4-11-7-8-11/h2,5-6,11H,3-4,7-9,15H2,1H3,(H,16,17). The first kappa shape index (κ1) is 12.0. The average molecular weight is 232 g/mol. The van der Waals surface area contributed by atoms with Crippen molar-refractivity contribution < 1.29 is 4.79 Å². The molecular formula is C14H20N2O. The quantitative estimate of drug-likeness (QED) is 0.605. The van der Waals surface area contributed by atoms with Gasteiger partial charge in [-0.25, -0.2) is 0 Å². The van der Waals surface area contributed by atoms with Crippen LogP contribution in [0.2, 0.25) is 0 Å². The minimum absolute atomic E-state index is 0.00871. The van der Waals surface area contributed by atoms with Gasteiger partial charge in [-0.1, -0.05) is 18.9 Å². The number of hydrogen-bond acceptors (Lipinski definition) is 2. The highest BCUT2D eigenvalue weighted by Crippen LogP contribution is 2.33. The molecule has 1 amide bonds. The van der Waals surface area contributed by atoms with Gasteiger partial charge in [0.1, 0.15) is 0 Å². The summed E-state index contributed by atoms with van der Waals surface area (Å²) in [6, 6.07) is 5.46. The fourth-order valence-electron chi connectivity index (χ4n) is 1.99. The van der Waals surface area contributed by atoms with E-state index in [9.17, 15) is 4.79 Å².